The van der Waals surface area contributed by atoms with Crippen LogP contribution in [-0.2, 0) is 6.54 Å². The molecule has 0 radical (unpaired) electrons. The lowest BCUT2D eigenvalue weighted by molar-refractivity contribution is 0.0902. The number of nitrogens with one attached hydrogen (secondary N) is 1. The molecule has 0 amide bonds. The van der Waals surface area contributed by atoms with Crippen molar-refractivity contribution in [2.75, 3.05) is 0 Å². The fourth-order valence-corrected chi connectivity index (χ4v) is 2.10. The zero-order valence-corrected chi connectivity index (χ0v) is 8.89. The van der Waals surface area contributed by atoms with Gasteiger partial charge in [-0.3, -0.25) is 4.98 Å². The summed E-state index contributed by atoms with van der Waals surface area (Å²) in [6.45, 7) is 0.801. The number of hydrogen-bond acceptors (Lipinski definition) is 3. The van der Waals surface area contributed by atoms with Gasteiger partial charge < -0.3 is 10.4 Å². The Morgan fingerprint density at radius 3 is 3.00 bits per heavy atom. The summed E-state index contributed by atoms with van der Waals surface area (Å²) in [5.41, 5.74) is 1.18. The highest BCUT2D eigenvalue weighted by molar-refractivity contribution is 5.08. The van der Waals surface area contributed by atoms with Crippen LogP contribution in [-0.4, -0.2) is 22.2 Å². The minimum atomic E-state index is -0.171. The van der Waals surface area contributed by atoms with Gasteiger partial charge in [-0.05, 0) is 24.5 Å². The molecule has 0 aromatic carbocycles. The van der Waals surface area contributed by atoms with Crippen molar-refractivity contribution in [2.45, 2.75) is 44.4 Å². The quantitative estimate of drug-likeness (QED) is 0.787. The van der Waals surface area contributed by atoms with Gasteiger partial charge in [0, 0.05) is 25.0 Å². The standard InChI is InChI=1S/C12H18N2O/c15-12-6-2-1-5-11(12)14-9-10-4-3-7-13-8-10/h3-4,7-8,11-12,14-15H,1-2,5-6,9H2/t11-,12-/m1/s1. The van der Waals surface area contributed by atoms with E-state index in [0.29, 0.717) is 0 Å². The van der Waals surface area contributed by atoms with Gasteiger partial charge in [0.05, 0.1) is 6.10 Å². The maximum Gasteiger partial charge on any atom is 0.0693 e. The molecule has 1 aromatic heterocycles. The molecule has 0 spiro atoms. The minimum absolute atomic E-state index is 0.171. The molecule has 2 atom stereocenters. The summed E-state index contributed by atoms with van der Waals surface area (Å²) >= 11 is 0. The Morgan fingerprint density at radius 2 is 2.27 bits per heavy atom. The summed E-state index contributed by atoms with van der Waals surface area (Å²) in [7, 11) is 0. The molecule has 2 rings (SSSR count). The van der Waals surface area contributed by atoms with Crippen LogP contribution in [0.2, 0.25) is 0 Å². The van der Waals surface area contributed by atoms with E-state index in [9.17, 15) is 5.11 Å². The molecule has 3 heteroatoms. The van der Waals surface area contributed by atoms with Crippen molar-refractivity contribution >= 4 is 0 Å². The van der Waals surface area contributed by atoms with E-state index in [1.807, 2.05) is 12.3 Å². The number of nitrogens with zero attached hydrogens (tertiary/aromatic N) is 1. The predicted molar refractivity (Wildman–Crippen MR) is 59.3 cm³/mol. The number of hydrogen-bond donors (Lipinski definition) is 2. The van der Waals surface area contributed by atoms with Gasteiger partial charge in [0.25, 0.3) is 0 Å². The third-order valence-electron chi connectivity index (χ3n) is 3.02. The van der Waals surface area contributed by atoms with E-state index in [4.69, 9.17) is 0 Å². The summed E-state index contributed by atoms with van der Waals surface area (Å²) in [5, 5.41) is 13.2. The lowest BCUT2D eigenvalue weighted by Crippen LogP contribution is -2.41. The molecule has 2 N–H and O–H groups in total. The molecule has 0 aliphatic heterocycles. The van der Waals surface area contributed by atoms with Crippen LogP contribution in [0.5, 0.6) is 0 Å². The summed E-state index contributed by atoms with van der Waals surface area (Å²) < 4.78 is 0. The average molecular weight is 206 g/mol. The minimum Gasteiger partial charge on any atom is -0.392 e. The molecule has 0 unspecified atom stereocenters. The lowest BCUT2D eigenvalue weighted by atomic mass is 9.92. The number of rotatable bonds is 3. The molecule has 0 saturated heterocycles. The fourth-order valence-electron chi connectivity index (χ4n) is 2.10. The van der Waals surface area contributed by atoms with E-state index in [0.717, 1.165) is 25.8 Å². The monoisotopic (exact) mass is 206 g/mol. The van der Waals surface area contributed by atoms with E-state index in [1.54, 1.807) is 6.20 Å². The molecule has 1 heterocycles. The molecule has 1 saturated carbocycles. The van der Waals surface area contributed by atoms with Crippen LogP contribution < -0.4 is 5.32 Å². The van der Waals surface area contributed by atoms with Crippen molar-refractivity contribution in [1.29, 1.82) is 0 Å². The van der Waals surface area contributed by atoms with Gasteiger partial charge in [0.2, 0.25) is 0 Å². The van der Waals surface area contributed by atoms with Gasteiger partial charge >= 0.3 is 0 Å². The molecule has 1 aliphatic carbocycles. The SMILES string of the molecule is O[C@@H]1CCCC[C@H]1NCc1cccnc1. The smallest absolute Gasteiger partial charge is 0.0693 e. The van der Waals surface area contributed by atoms with Crippen LogP contribution in [0, 0.1) is 0 Å². The first-order valence-electron chi connectivity index (χ1n) is 5.66. The molecular formula is C12H18N2O. The normalized spacial score (nSPS) is 26.5. The average Bonchev–Trinajstić information content (AvgIpc) is 2.29. The Labute approximate surface area is 90.5 Å². The Morgan fingerprint density at radius 1 is 1.40 bits per heavy atom. The Balaban J connectivity index is 1.82. The number of pyridine rings is 1. The molecule has 1 aromatic rings. The molecule has 1 aliphatic rings. The maximum absolute atomic E-state index is 9.77. The largest absolute Gasteiger partial charge is 0.392 e. The second kappa shape index (κ2) is 5.24. The van der Waals surface area contributed by atoms with Crippen LogP contribution in [0.25, 0.3) is 0 Å². The van der Waals surface area contributed by atoms with Gasteiger partial charge in [-0.1, -0.05) is 18.9 Å². The van der Waals surface area contributed by atoms with Crippen LogP contribution in [0.15, 0.2) is 24.5 Å². The summed E-state index contributed by atoms with van der Waals surface area (Å²) in [5.74, 6) is 0. The number of aromatic nitrogens is 1. The number of aliphatic hydroxyl groups is 1. The molecular weight excluding hydrogens is 188 g/mol. The topological polar surface area (TPSA) is 45.1 Å². The Kier molecular flexibility index (Phi) is 3.69. The summed E-state index contributed by atoms with van der Waals surface area (Å²) in [6, 6.07) is 4.25. The van der Waals surface area contributed by atoms with Crippen molar-refractivity contribution in [3.63, 3.8) is 0 Å². The van der Waals surface area contributed by atoms with Crippen LogP contribution >= 0.6 is 0 Å². The predicted octanol–water partition coefficient (Wildman–Crippen LogP) is 1.47. The first-order chi connectivity index (χ1) is 7.36. The fraction of sp³-hybridized carbons (Fsp3) is 0.583. The molecule has 1 fully saturated rings. The van der Waals surface area contributed by atoms with Crippen LogP contribution in [0.3, 0.4) is 0 Å². The maximum atomic E-state index is 9.77. The molecule has 3 nitrogen and oxygen atoms in total. The van der Waals surface area contributed by atoms with E-state index < -0.39 is 0 Å². The third-order valence-corrected chi connectivity index (χ3v) is 3.02. The molecule has 0 bridgehead atoms. The second-order valence-electron chi connectivity index (χ2n) is 4.20. The van der Waals surface area contributed by atoms with Crippen molar-refractivity contribution in [3.8, 4) is 0 Å². The van der Waals surface area contributed by atoms with Crippen LogP contribution in [0.4, 0.5) is 0 Å². The first kappa shape index (κ1) is 10.6. The van der Waals surface area contributed by atoms with Crippen molar-refractivity contribution in [2.24, 2.45) is 0 Å². The summed E-state index contributed by atoms with van der Waals surface area (Å²) in [6.07, 6.45) is 7.87. The number of aliphatic hydroxyl groups excluding tert-OH is 1. The lowest BCUT2D eigenvalue weighted by Gasteiger charge is -2.28. The first-order valence-corrected chi connectivity index (χ1v) is 5.66. The Hall–Kier alpha value is -0.930. The van der Waals surface area contributed by atoms with Crippen molar-refractivity contribution in [3.05, 3.63) is 30.1 Å². The third kappa shape index (κ3) is 3.01. The van der Waals surface area contributed by atoms with Crippen molar-refractivity contribution in [1.82, 2.24) is 10.3 Å². The van der Waals surface area contributed by atoms with E-state index >= 15 is 0 Å². The van der Waals surface area contributed by atoms with Crippen molar-refractivity contribution < 1.29 is 5.11 Å². The van der Waals surface area contributed by atoms with E-state index in [-0.39, 0.29) is 12.1 Å². The molecule has 15 heavy (non-hydrogen) atoms. The molecule has 82 valence electrons. The van der Waals surface area contributed by atoms with Gasteiger partial charge in [-0.15, -0.1) is 0 Å². The van der Waals surface area contributed by atoms with Gasteiger partial charge in [0.15, 0.2) is 0 Å². The van der Waals surface area contributed by atoms with Crippen LogP contribution in [0.1, 0.15) is 31.2 Å². The van der Waals surface area contributed by atoms with Gasteiger partial charge in [-0.2, -0.15) is 0 Å². The second-order valence-corrected chi connectivity index (χ2v) is 4.20. The zero-order valence-electron chi connectivity index (χ0n) is 8.89. The highest BCUT2D eigenvalue weighted by Crippen LogP contribution is 2.18. The summed E-state index contributed by atoms with van der Waals surface area (Å²) in [4.78, 5) is 4.06. The van der Waals surface area contributed by atoms with Gasteiger partial charge in [-0.25, -0.2) is 0 Å². The Bertz CT molecular complexity index is 289. The van der Waals surface area contributed by atoms with Gasteiger partial charge in [0.1, 0.15) is 0 Å². The van der Waals surface area contributed by atoms with E-state index in [2.05, 4.69) is 16.4 Å². The highest BCUT2D eigenvalue weighted by atomic mass is 16.3. The zero-order chi connectivity index (χ0) is 10.5. The van der Waals surface area contributed by atoms with E-state index in [1.165, 1.54) is 12.0 Å². The highest BCUT2D eigenvalue weighted by Gasteiger charge is 2.21.